The molecule has 10 rings (SSSR count). The van der Waals surface area contributed by atoms with Crippen LogP contribution in [0.4, 0.5) is 0 Å². The highest BCUT2D eigenvalue weighted by Crippen LogP contribution is 2.43. The van der Waals surface area contributed by atoms with E-state index in [0.717, 1.165) is 72.5 Å². The maximum absolute atomic E-state index is 5.67. The first-order chi connectivity index (χ1) is 26.4. The number of nitrogens with zero attached hydrogens (tertiary/aromatic N) is 3. The van der Waals surface area contributed by atoms with Crippen molar-refractivity contribution in [2.45, 2.75) is 26.2 Å². The highest BCUT2D eigenvalue weighted by Gasteiger charge is 2.24. The van der Waals surface area contributed by atoms with Crippen molar-refractivity contribution in [3.05, 3.63) is 176 Å². The molecule has 0 bridgehead atoms. The van der Waals surface area contributed by atoms with Gasteiger partial charge in [-0.05, 0) is 99.1 Å². The predicted molar refractivity (Wildman–Crippen MR) is 226 cm³/mol. The summed E-state index contributed by atoms with van der Waals surface area (Å²) in [5, 5.41) is 4.77. The quantitative estimate of drug-likeness (QED) is 0.195. The summed E-state index contributed by atoms with van der Waals surface area (Å²) in [6.45, 7) is 6.86. The summed E-state index contributed by atoms with van der Waals surface area (Å²) >= 11 is 0. The van der Waals surface area contributed by atoms with Gasteiger partial charge in [0.2, 0.25) is 0 Å². The Hall–Kier alpha value is -6.78. The second kappa shape index (κ2) is 12.4. The lowest BCUT2D eigenvalue weighted by Gasteiger charge is -2.21. The molecule has 0 spiro atoms. The van der Waals surface area contributed by atoms with Crippen LogP contribution in [0.3, 0.4) is 0 Å². The standard InChI is InChI=1S/C50H38N4/c1-50(2,3)36-30-42-39-21-12-13-23-44(39)52-47(42)43(31-36)49-53-48-40(22-14-24-46(48)54(49)37-18-8-5-9-19-37)41-28-35(27-34-17-10-11-20-38(34)41)45-29-33(25-26-51-45)32-15-6-4-7-16-32/h4-31,52H,1-3H3. The molecule has 0 aliphatic carbocycles. The number of H-pyrrole nitrogens is 1. The number of fused-ring (bicyclic) bond motifs is 5. The molecule has 54 heavy (non-hydrogen) atoms. The Morgan fingerprint density at radius 1 is 0.537 bits per heavy atom. The molecule has 0 unspecified atom stereocenters. The Morgan fingerprint density at radius 2 is 1.28 bits per heavy atom. The largest absolute Gasteiger partial charge is 0.354 e. The monoisotopic (exact) mass is 694 g/mol. The zero-order valence-electron chi connectivity index (χ0n) is 30.5. The van der Waals surface area contributed by atoms with Crippen molar-refractivity contribution in [1.29, 1.82) is 0 Å². The van der Waals surface area contributed by atoms with Crippen molar-refractivity contribution in [2.75, 3.05) is 0 Å². The maximum atomic E-state index is 5.67. The van der Waals surface area contributed by atoms with Gasteiger partial charge in [0, 0.05) is 44.9 Å². The van der Waals surface area contributed by atoms with E-state index in [-0.39, 0.29) is 5.41 Å². The molecule has 10 aromatic rings. The summed E-state index contributed by atoms with van der Waals surface area (Å²) in [5.41, 5.74) is 14.1. The molecule has 3 aromatic heterocycles. The average molecular weight is 695 g/mol. The first kappa shape index (κ1) is 31.9. The van der Waals surface area contributed by atoms with E-state index in [0.29, 0.717) is 0 Å². The van der Waals surface area contributed by atoms with Gasteiger partial charge >= 0.3 is 0 Å². The second-order valence-electron chi connectivity index (χ2n) is 15.2. The molecule has 0 radical (unpaired) electrons. The smallest absolute Gasteiger partial charge is 0.147 e. The molecule has 4 nitrogen and oxygen atoms in total. The van der Waals surface area contributed by atoms with Gasteiger partial charge in [0.05, 0.1) is 22.2 Å². The molecule has 0 aliphatic rings. The van der Waals surface area contributed by atoms with Crippen LogP contribution in [-0.2, 0) is 5.41 Å². The van der Waals surface area contributed by atoms with E-state index < -0.39 is 0 Å². The van der Waals surface area contributed by atoms with Crippen molar-refractivity contribution in [3.63, 3.8) is 0 Å². The van der Waals surface area contributed by atoms with Gasteiger partial charge in [0.15, 0.2) is 0 Å². The van der Waals surface area contributed by atoms with Gasteiger partial charge < -0.3 is 4.98 Å². The van der Waals surface area contributed by atoms with Crippen molar-refractivity contribution in [2.24, 2.45) is 0 Å². The number of aromatic amines is 1. The second-order valence-corrected chi connectivity index (χ2v) is 15.2. The van der Waals surface area contributed by atoms with E-state index in [9.17, 15) is 0 Å². The first-order valence-corrected chi connectivity index (χ1v) is 18.6. The number of hydrogen-bond donors (Lipinski definition) is 1. The molecular formula is C50H38N4. The Labute approximate surface area is 314 Å². The summed E-state index contributed by atoms with van der Waals surface area (Å²) in [6, 6.07) is 58.5. The number of aromatic nitrogens is 4. The van der Waals surface area contributed by atoms with Crippen LogP contribution in [0, 0.1) is 0 Å². The molecule has 3 heterocycles. The predicted octanol–water partition coefficient (Wildman–Crippen LogP) is 13.2. The first-order valence-electron chi connectivity index (χ1n) is 18.6. The summed E-state index contributed by atoms with van der Waals surface area (Å²) in [5.74, 6) is 0.906. The lowest BCUT2D eigenvalue weighted by molar-refractivity contribution is 0.591. The minimum atomic E-state index is -0.0682. The number of hydrogen-bond acceptors (Lipinski definition) is 2. The Morgan fingerprint density at radius 3 is 2.09 bits per heavy atom. The molecule has 0 atom stereocenters. The fourth-order valence-corrected chi connectivity index (χ4v) is 7.98. The van der Waals surface area contributed by atoms with Crippen LogP contribution in [0.25, 0.3) is 94.2 Å². The minimum Gasteiger partial charge on any atom is -0.354 e. The summed E-state index contributed by atoms with van der Waals surface area (Å²) in [7, 11) is 0. The van der Waals surface area contributed by atoms with Crippen LogP contribution in [0.5, 0.6) is 0 Å². The number of imidazole rings is 1. The molecule has 0 amide bonds. The van der Waals surface area contributed by atoms with Crippen LogP contribution in [0.15, 0.2) is 170 Å². The summed E-state index contributed by atoms with van der Waals surface area (Å²) < 4.78 is 2.34. The van der Waals surface area contributed by atoms with Crippen molar-refractivity contribution < 1.29 is 0 Å². The zero-order chi connectivity index (χ0) is 36.4. The highest BCUT2D eigenvalue weighted by molar-refractivity contribution is 6.13. The molecule has 0 saturated carbocycles. The van der Waals surface area contributed by atoms with Crippen LogP contribution < -0.4 is 0 Å². The number of rotatable bonds is 5. The van der Waals surface area contributed by atoms with Gasteiger partial charge in [-0.2, -0.15) is 0 Å². The van der Waals surface area contributed by atoms with E-state index in [4.69, 9.17) is 9.97 Å². The topological polar surface area (TPSA) is 46.5 Å². The fraction of sp³-hybridized carbons (Fsp3) is 0.0800. The van der Waals surface area contributed by atoms with Gasteiger partial charge in [0.25, 0.3) is 0 Å². The highest BCUT2D eigenvalue weighted by atomic mass is 15.1. The Kier molecular flexibility index (Phi) is 7.34. The third-order valence-electron chi connectivity index (χ3n) is 10.7. The zero-order valence-corrected chi connectivity index (χ0v) is 30.5. The third-order valence-corrected chi connectivity index (χ3v) is 10.7. The molecule has 0 aliphatic heterocycles. The van der Waals surface area contributed by atoms with E-state index >= 15 is 0 Å². The third kappa shape index (κ3) is 5.30. The van der Waals surface area contributed by atoms with E-state index in [1.54, 1.807) is 0 Å². The Balaban J connectivity index is 1.26. The van der Waals surface area contributed by atoms with Gasteiger partial charge in [-0.25, -0.2) is 4.98 Å². The van der Waals surface area contributed by atoms with Crippen molar-refractivity contribution >= 4 is 43.6 Å². The van der Waals surface area contributed by atoms with Crippen molar-refractivity contribution in [3.8, 4) is 50.6 Å². The number of benzene rings is 7. The fourth-order valence-electron chi connectivity index (χ4n) is 7.98. The van der Waals surface area contributed by atoms with E-state index in [1.165, 1.54) is 27.3 Å². The number of para-hydroxylation sites is 3. The number of nitrogens with one attached hydrogen (secondary N) is 1. The molecule has 7 aromatic carbocycles. The molecule has 258 valence electrons. The molecule has 0 saturated heterocycles. The molecular weight excluding hydrogens is 657 g/mol. The van der Waals surface area contributed by atoms with Gasteiger partial charge in [-0.3, -0.25) is 9.55 Å². The number of pyridine rings is 1. The lowest BCUT2D eigenvalue weighted by atomic mass is 9.85. The SMILES string of the molecule is CC(C)(C)c1cc(-c2nc3c(-c4cc(-c5cc(-c6ccccc6)ccn5)cc5ccccc45)cccc3n2-c2ccccc2)c2[nH]c3ccccc3c2c1. The van der Waals surface area contributed by atoms with Crippen molar-refractivity contribution in [1.82, 2.24) is 19.5 Å². The lowest BCUT2D eigenvalue weighted by Crippen LogP contribution is -2.11. The molecule has 4 heteroatoms. The normalized spacial score (nSPS) is 12.0. The average Bonchev–Trinajstić information content (AvgIpc) is 3.80. The Bertz CT molecular complexity index is 3020. The van der Waals surface area contributed by atoms with Gasteiger partial charge in [-0.15, -0.1) is 0 Å². The van der Waals surface area contributed by atoms with Crippen LogP contribution in [0.2, 0.25) is 0 Å². The van der Waals surface area contributed by atoms with Crippen LogP contribution in [-0.4, -0.2) is 19.5 Å². The van der Waals surface area contributed by atoms with E-state index in [1.807, 2.05) is 6.20 Å². The molecule has 1 N–H and O–H groups in total. The van der Waals surface area contributed by atoms with Crippen LogP contribution >= 0.6 is 0 Å². The van der Waals surface area contributed by atoms with Crippen LogP contribution in [0.1, 0.15) is 26.3 Å². The summed E-state index contributed by atoms with van der Waals surface area (Å²) in [4.78, 5) is 14.4. The van der Waals surface area contributed by atoms with Gasteiger partial charge in [-0.1, -0.05) is 124 Å². The maximum Gasteiger partial charge on any atom is 0.147 e. The van der Waals surface area contributed by atoms with Gasteiger partial charge in [0.1, 0.15) is 5.82 Å². The molecule has 0 fully saturated rings. The summed E-state index contributed by atoms with van der Waals surface area (Å²) in [6.07, 6.45) is 1.91. The minimum absolute atomic E-state index is 0.0682. The van der Waals surface area contributed by atoms with E-state index in [2.05, 4.69) is 194 Å².